The Morgan fingerprint density at radius 2 is 2.33 bits per heavy atom. The first-order chi connectivity index (χ1) is 8.70. The van der Waals surface area contributed by atoms with Gasteiger partial charge in [-0.3, -0.25) is 0 Å². The highest BCUT2D eigenvalue weighted by atomic mass is 19.1. The highest BCUT2D eigenvalue weighted by Crippen LogP contribution is 2.16. The molecule has 0 saturated heterocycles. The van der Waals surface area contributed by atoms with Gasteiger partial charge in [-0.1, -0.05) is 0 Å². The average molecular weight is 245 g/mol. The summed E-state index contributed by atoms with van der Waals surface area (Å²) in [6.07, 6.45) is 3.58. The molecule has 92 valence electrons. The van der Waals surface area contributed by atoms with Crippen LogP contribution in [0.5, 0.6) is 5.75 Å². The smallest absolute Gasteiger partial charge is 0.144 e. The lowest BCUT2D eigenvalue weighted by atomic mass is 10.2. The van der Waals surface area contributed by atoms with Crippen LogP contribution in [0.4, 0.5) is 4.39 Å². The number of benzene rings is 1. The van der Waals surface area contributed by atoms with E-state index < -0.39 is 5.82 Å². The van der Waals surface area contributed by atoms with E-state index in [2.05, 4.69) is 4.98 Å². The molecule has 0 radical (unpaired) electrons. The first-order valence-corrected chi connectivity index (χ1v) is 5.51. The third-order valence-corrected chi connectivity index (χ3v) is 2.59. The molecule has 0 unspecified atom stereocenters. The van der Waals surface area contributed by atoms with Crippen molar-refractivity contribution in [3.8, 4) is 11.8 Å². The Kier molecular flexibility index (Phi) is 3.58. The van der Waals surface area contributed by atoms with Crippen LogP contribution in [0.3, 0.4) is 0 Å². The molecule has 0 aliphatic carbocycles. The normalized spacial score (nSPS) is 10.1. The molecule has 0 spiro atoms. The fraction of sp³-hybridized carbons (Fsp3) is 0.231. The summed E-state index contributed by atoms with van der Waals surface area (Å²) in [6, 6.07) is 5.98. The predicted octanol–water partition coefficient (Wildman–Crippen LogP) is 2.28. The second-order valence-electron chi connectivity index (χ2n) is 3.77. The number of nitrogens with zero attached hydrogens (tertiary/aromatic N) is 3. The Morgan fingerprint density at radius 3 is 2.94 bits per heavy atom. The lowest BCUT2D eigenvalue weighted by Crippen LogP contribution is -2.08. The van der Waals surface area contributed by atoms with Crippen LogP contribution in [-0.2, 0) is 6.54 Å². The maximum Gasteiger partial charge on any atom is 0.144 e. The van der Waals surface area contributed by atoms with Gasteiger partial charge in [-0.2, -0.15) is 5.26 Å². The van der Waals surface area contributed by atoms with Crippen LogP contribution in [0.1, 0.15) is 11.4 Å². The van der Waals surface area contributed by atoms with Gasteiger partial charge in [0.05, 0.1) is 12.1 Å². The minimum Gasteiger partial charge on any atom is -0.492 e. The van der Waals surface area contributed by atoms with E-state index in [1.165, 1.54) is 12.1 Å². The number of hydrogen-bond acceptors (Lipinski definition) is 3. The monoisotopic (exact) mass is 245 g/mol. The van der Waals surface area contributed by atoms with Crippen molar-refractivity contribution < 1.29 is 9.13 Å². The Morgan fingerprint density at radius 1 is 1.50 bits per heavy atom. The van der Waals surface area contributed by atoms with Crippen LogP contribution in [-0.4, -0.2) is 16.2 Å². The molecule has 1 heterocycles. The average Bonchev–Trinajstić information content (AvgIpc) is 2.75. The molecule has 5 heteroatoms. The molecular weight excluding hydrogens is 233 g/mol. The van der Waals surface area contributed by atoms with Crippen molar-refractivity contribution in [2.45, 2.75) is 13.5 Å². The zero-order valence-corrected chi connectivity index (χ0v) is 9.93. The van der Waals surface area contributed by atoms with Crippen LogP contribution in [0.2, 0.25) is 0 Å². The zero-order valence-electron chi connectivity index (χ0n) is 9.93. The Bertz CT molecular complexity index is 586. The minimum absolute atomic E-state index is 0.0211. The number of imidazole rings is 1. The molecule has 18 heavy (non-hydrogen) atoms. The van der Waals surface area contributed by atoms with Crippen molar-refractivity contribution in [3.05, 3.63) is 47.8 Å². The predicted molar refractivity (Wildman–Crippen MR) is 63.6 cm³/mol. The number of aromatic nitrogens is 2. The topological polar surface area (TPSA) is 50.8 Å². The van der Waals surface area contributed by atoms with E-state index in [1.54, 1.807) is 18.3 Å². The van der Waals surface area contributed by atoms with Gasteiger partial charge in [0.15, 0.2) is 0 Å². The number of hydrogen-bond donors (Lipinski definition) is 0. The molecule has 1 aromatic heterocycles. The van der Waals surface area contributed by atoms with E-state index in [0.717, 1.165) is 5.82 Å². The summed E-state index contributed by atoms with van der Waals surface area (Å²) in [7, 11) is 0. The summed E-state index contributed by atoms with van der Waals surface area (Å²) in [5.41, 5.74) is 0.0211. The number of ether oxygens (including phenoxy) is 1. The lowest BCUT2D eigenvalue weighted by molar-refractivity contribution is 0.295. The molecule has 0 fully saturated rings. The first kappa shape index (κ1) is 12.1. The first-order valence-electron chi connectivity index (χ1n) is 5.51. The third-order valence-electron chi connectivity index (χ3n) is 2.59. The van der Waals surface area contributed by atoms with Crippen molar-refractivity contribution in [3.63, 3.8) is 0 Å². The quantitative estimate of drug-likeness (QED) is 0.830. The maximum atomic E-state index is 13.3. The van der Waals surface area contributed by atoms with Crippen molar-refractivity contribution in [2.75, 3.05) is 6.61 Å². The molecule has 0 saturated carbocycles. The van der Waals surface area contributed by atoms with E-state index in [-0.39, 0.29) is 5.56 Å². The van der Waals surface area contributed by atoms with Crippen molar-refractivity contribution in [2.24, 2.45) is 0 Å². The van der Waals surface area contributed by atoms with Crippen LogP contribution in [0, 0.1) is 24.1 Å². The standard InChI is InChI=1S/C13H12FN3O/c1-10-16-4-5-17(10)6-7-18-12-3-2-11(9-15)13(14)8-12/h2-5,8H,6-7H2,1H3. The van der Waals surface area contributed by atoms with Crippen LogP contribution in [0.25, 0.3) is 0 Å². The van der Waals surface area contributed by atoms with Crippen LogP contribution in [0.15, 0.2) is 30.6 Å². The van der Waals surface area contributed by atoms with Gasteiger partial charge in [0, 0.05) is 18.5 Å². The van der Waals surface area contributed by atoms with Gasteiger partial charge < -0.3 is 9.30 Å². The van der Waals surface area contributed by atoms with Crippen LogP contribution >= 0.6 is 0 Å². The SMILES string of the molecule is Cc1nccn1CCOc1ccc(C#N)c(F)c1. The second-order valence-corrected chi connectivity index (χ2v) is 3.77. The van der Waals surface area contributed by atoms with Gasteiger partial charge in [0.25, 0.3) is 0 Å². The van der Waals surface area contributed by atoms with E-state index in [4.69, 9.17) is 10.00 Å². The summed E-state index contributed by atoms with van der Waals surface area (Å²) in [5, 5.41) is 8.60. The second kappa shape index (κ2) is 5.32. The summed E-state index contributed by atoms with van der Waals surface area (Å²) < 4.78 is 20.7. The zero-order chi connectivity index (χ0) is 13.0. The Labute approximate surface area is 104 Å². The molecule has 0 amide bonds. The summed E-state index contributed by atoms with van der Waals surface area (Å²) in [4.78, 5) is 4.09. The highest BCUT2D eigenvalue weighted by Gasteiger charge is 2.03. The van der Waals surface area contributed by atoms with Crippen molar-refractivity contribution in [1.82, 2.24) is 9.55 Å². The molecular formula is C13H12FN3O. The highest BCUT2D eigenvalue weighted by molar-refractivity contribution is 5.36. The molecule has 4 nitrogen and oxygen atoms in total. The fourth-order valence-electron chi connectivity index (χ4n) is 1.58. The Balaban J connectivity index is 1.93. The molecule has 2 rings (SSSR count). The summed E-state index contributed by atoms with van der Waals surface area (Å²) >= 11 is 0. The fourth-order valence-corrected chi connectivity index (χ4v) is 1.58. The molecule has 0 atom stereocenters. The largest absolute Gasteiger partial charge is 0.492 e. The molecule has 0 N–H and O–H groups in total. The number of halogens is 1. The molecule has 0 aliphatic rings. The van der Waals surface area contributed by atoms with E-state index in [9.17, 15) is 4.39 Å². The van der Waals surface area contributed by atoms with E-state index >= 15 is 0 Å². The van der Waals surface area contributed by atoms with Gasteiger partial charge in [0.2, 0.25) is 0 Å². The van der Waals surface area contributed by atoms with Gasteiger partial charge >= 0.3 is 0 Å². The van der Waals surface area contributed by atoms with Gasteiger partial charge in [-0.15, -0.1) is 0 Å². The number of nitriles is 1. The van der Waals surface area contributed by atoms with Crippen molar-refractivity contribution >= 4 is 0 Å². The maximum absolute atomic E-state index is 13.3. The summed E-state index contributed by atoms with van der Waals surface area (Å²) in [5.74, 6) is 0.766. The minimum atomic E-state index is -0.561. The van der Waals surface area contributed by atoms with Gasteiger partial charge in [0.1, 0.15) is 30.1 Å². The van der Waals surface area contributed by atoms with Gasteiger partial charge in [-0.25, -0.2) is 9.37 Å². The number of aryl methyl sites for hydroxylation is 1. The van der Waals surface area contributed by atoms with E-state index in [0.29, 0.717) is 18.9 Å². The number of rotatable bonds is 4. The summed E-state index contributed by atoms with van der Waals surface area (Å²) in [6.45, 7) is 2.97. The van der Waals surface area contributed by atoms with Crippen molar-refractivity contribution in [1.29, 1.82) is 5.26 Å². The lowest BCUT2D eigenvalue weighted by Gasteiger charge is -2.08. The molecule has 2 aromatic rings. The van der Waals surface area contributed by atoms with E-state index in [1.807, 2.05) is 17.7 Å². The van der Waals surface area contributed by atoms with Gasteiger partial charge in [-0.05, 0) is 19.1 Å². The molecule has 0 aliphatic heterocycles. The third kappa shape index (κ3) is 2.66. The Hall–Kier alpha value is -2.35. The molecule has 0 bridgehead atoms. The molecule has 1 aromatic carbocycles. The van der Waals surface area contributed by atoms with Crippen LogP contribution < -0.4 is 4.74 Å².